The maximum absolute atomic E-state index is 13.3. The van der Waals surface area contributed by atoms with Crippen LogP contribution in [0.5, 0.6) is 11.5 Å². The first-order valence-corrected chi connectivity index (χ1v) is 18.3. The van der Waals surface area contributed by atoms with Crippen molar-refractivity contribution in [3.8, 4) is 33.9 Å². The van der Waals surface area contributed by atoms with E-state index in [0.717, 1.165) is 81.6 Å². The standard InChI is InChI=1S/C45H45N2O6/c1-8-46(9-2)28-20-22-34-36(24-28)52-38-26-39-41(27(5)40(38)42(34)30-16-12-14-18-32(30)44(48)50-6)43(31-17-13-15-19-33(31)45(49)51-7)35-23-21-29(25-37(35)53-39)47(10-3)11-4/h12-26,42H,8-11H2,1-7H3/q+1. The van der Waals surface area contributed by atoms with Crippen molar-refractivity contribution in [3.63, 3.8) is 0 Å². The number of aryl methyl sites for hydroxylation is 1. The normalized spacial score (nSPS) is 13.2. The van der Waals surface area contributed by atoms with E-state index in [9.17, 15) is 9.59 Å². The number of hydrogen-bond donors (Lipinski definition) is 0. The SMILES string of the molecule is CCN(CC)c1ccc2c(c1)Oc1cc3oc4cc(=[N+](CC)CC)ccc-4c(-c4ccccc4C(=O)OC)c3c(C)c1C2c1ccccc1C(=O)OC. The van der Waals surface area contributed by atoms with E-state index in [-0.39, 0.29) is 5.92 Å². The van der Waals surface area contributed by atoms with Gasteiger partial charge in [0.05, 0.1) is 31.4 Å². The fraction of sp³-hybridized carbons (Fsp3) is 0.267. The Morgan fingerprint density at radius 2 is 1.42 bits per heavy atom. The molecule has 2 aliphatic heterocycles. The summed E-state index contributed by atoms with van der Waals surface area (Å²) in [5.74, 6) is 0.813. The van der Waals surface area contributed by atoms with Crippen molar-refractivity contribution in [2.24, 2.45) is 0 Å². The summed E-state index contributed by atoms with van der Waals surface area (Å²) in [7, 11) is 2.81. The average molecular weight is 710 g/mol. The van der Waals surface area contributed by atoms with Crippen LogP contribution in [0.15, 0.2) is 95.4 Å². The van der Waals surface area contributed by atoms with Gasteiger partial charge in [0.2, 0.25) is 5.36 Å². The van der Waals surface area contributed by atoms with Crippen molar-refractivity contribution in [3.05, 3.63) is 130 Å². The van der Waals surface area contributed by atoms with Gasteiger partial charge in [0.1, 0.15) is 35.9 Å². The van der Waals surface area contributed by atoms with Crippen LogP contribution in [0.4, 0.5) is 5.69 Å². The van der Waals surface area contributed by atoms with Gasteiger partial charge in [-0.05, 0) is 75.6 Å². The summed E-state index contributed by atoms with van der Waals surface area (Å²) in [6.07, 6.45) is 0. The van der Waals surface area contributed by atoms with E-state index >= 15 is 0 Å². The minimum Gasteiger partial charge on any atom is -0.465 e. The molecule has 0 bridgehead atoms. The predicted molar refractivity (Wildman–Crippen MR) is 210 cm³/mol. The third kappa shape index (κ3) is 6.02. The van der Waals surface area contributed by atoms with Crippen LogP contribution >= 0.6 is 0 Å². The van der Waals surface area contributed by atoms with Crippen LogP contribution in [-0.4, -0.2) is 52.3 Å². The van der Waals surface area contributed by atoms with Gasteiger partial charge >= 0.3 is 11.9 Å². The van der Waals surface area contributed by atoms with Crippen molar-refractivity contribution in [1.29, 1.82) is 0 Å². The van der Waals surface area contributed by atoms with Gasteiger partial charge < -0.3 is 23.5 Å². The molecular formula is C45H45N2O6+. The zero-order chi connectivity index (χ0) is 37.4. The average Bonchev–Trinajstić information content (AvgIpc) is 3.19. The maximum atomic E-state index is 13.3. The first-order valence-electron chi connectivity index (χ1n) is 18.3. The fourth-order valence-electron chi connectivity index (χ4n) is 7.99. The number of anilines is 1. The van der Waals surface area contributed by atoms with Gasteiger partial charge in [-0.3, -0.25) is 0 Å². The minimum atomic E-state index is -0.427. The Labute approximate surface area is 310 Å². The Bertz CT molecular complexity index is 2420. The Hall–Kier alpha value is -5.89. The second-order valence-corrected chi connectivity index (χ2v) is 13.2. The van der Waals surface area contributed by atoms with Crippen LogP contribution in [0.1, 0.15) is 76.6 Å². The summed E-state index contributed by atoms with van der Waals surface area (Å²) in [5, 5.41) is 1.89. The summed E-state index contributed by atoms with van der Waals surface area (Å²) < 4.78 is 26.6. The van der Waals surface area contributed by atoms with Crippen LogP contribution in [0, 0.1) is 6.92 Å². The number of ether oxygens (including phenoxy) is 3. The summed E-state index contributed by atoms with van der Waals surface area (Å²) in [6, 6.07) is 29.7. The number of fused-ring (bicyclic) bond motifs is 4. The van der Waals surface area contributed by atoms with E-state index in [1.54, 1.807) is 6.07 Å². The highest BCUT2D eigenvalue weighted by atomic mass is 16.5. The lowest BCUT2D eigenvalue weighted by Crippen LogP contribution is -2.29. The van der Waals surface area contributed by atoms with Gasteiger partial charge in [-0.15, -0.1) is 0 Å². The topological polar surface area (TPSA) is 81.2 Å². The summed E-state index contributed by atoms with van der Waals surface area (Å²) in [6.45, 7) is 14.0. The molecule has 0 fully saturated rings. The number of esters is 2. The molecule has 8 heteroatoms. The molecule has 3 aliphatic rings. The van der Waals surface area contributed by atoms with Crippen LogP contribution in [0.25, 0.3) is 33.4 Å². The number of rotatable bonds is 9. The van der Waals surface area contributed by atoms with E-state index in [2.05, 4.69) is 80.5 Å². The largest absolute Gasteiger partial charge is 0.465 e. The number of carbonyl (C=O) groups is 2. The molecule has 1 unspecified atom stereocenters. The second kappa shape index (κ2) is 14.6. The number of carbonyl (C=O) groups excluding carboxylic acids is 2. The lowest BCUT2D eigenvalue weighted by Gasteiger charge is -2.33. The number of benzene rings is 5. The minimum absolute atomic E-state index is 0.386. The van der Waals surface area contributed by atoms with Crippen molar-refractivity contribution in [2.45, 2.75) is 40.5 Å². The lowest BCUT2D eigenvalue weighted by atomic mass is 9.77. The first-order chi connectivity index (χ1) is 25.8. The smallest absolute Gasteiger partial charge is 0.338 e. The Kier molecular flexibility index (Phi) is 9.80. The Morgan fingerprint density at radius 1 is 0.736 bits per heavy atom. The van der Waals surface area contributed by atoms with Crippen molar-refractivity contribution >= 4 is 28.6 Å². The molecule has 1 atom stereocenters. The van der Waals surface area contributed by atoms with Gasteiger partial charge in [0, 0.05) is 70.5 Å². The highest BCUT2D eigenvalue weighted by Crippen LogP contribution is 2.54. The van der Waals surface area contributed by atoms with Crippen molar-refractivity contribution < 1.29 is 28.2 Å². The number of methoxy groups -OCH3 is 2. The van der Waals surface area contributed by atoms with Crippen LogP contribution in [0.3, 0.4) is 0 Å². The molecule has 8 nitrogen and oxygen atoms in total. The molecule has 0 radical (unpaired) electrons. The molecule has 1 aliphatic carbocycles. The fourth-order valence-corrected chi connectivity index (χ4v) is 7.99. The van der Waals surface area contributed by atoms with Crippen molar-refractivity contribution in [1.82, 2.24) is 4.58 Å². The van der Waals surface area contributed by atoms with Gasteiger partial charge in [-0.1, -0.05) is 42.5 Å². The zero-order valence-electron chi connectivity index (χ0n) is 31.4. The van der Waals surface area contributed by atoms with Gasteiger partial charge in [0.15, 0.2) is 0 Å². The quantitative estimate of drug-likeness (QED) is 0.0841. The third-order valence-electron chi connectivity index (χ3n) is 10.6. The molecule has 2 heterocycles. The maximum Gasteiger partial charge on any atom is 0.338 e. The van der Waals surface area contributed by atoms with E-state index in [1.807, 2.05) is 48.5 Å². The second-order valence-electron chi connectivity index (χ2n) is 13.2. The molecule has 0 spiro atoms. The van der Waals surface area contributed by atoms with Gasteiger partial charge in [0.25, 0.3) is 0 Å². The molecule has 7 rings (SSSR count). The van der Waals surface area contributed by atoms with Crippen molar-refractivity contribution in [2.75, 3.05) is 45.3 Å². The monoisotopic (exact) mass is 709 g/mol. The molecule has 0 saturated heterocycles. The summed E-state index contributed by atoms with van der Waals surface area (Å²) >= 11 is 0. The number of nitrogens with zero attached hydrogens (tertiary/aromatic N) is 2. The van der Waals surface area contributed by atoms with E-state index < -0.39 is 11.9 Å². The Morgan fingerprint density at radius 3 is 2.11 bits per heavy atom. The molecule has 4 aromatic rings. The molecule has 0 amide bonds. The predicted octanol–water partition coefficient (Wildman–Crippen LogP) is 9.03. The van der Waals surface area contributed by atoms with Crippen LogP contribution in [0.2, 0.25) is 0 Å². The molecule has 270 valence electrons. The molecule has 53 heavy (non-hydrogen) atoms. The molecule has 4 aromatic carbocycles. The van der Waals surface area contributed by atoms with Crippen LogP contribution < -0.4 is 19.6 Å². The first kappa shape index (κ1) is 35.5. The van der Waals surface area contributed by atoms with E-state index in [0.29, 0.717) is 34.0 Å². The zero-order valence-corrected chi connectivity index (χ0v) is 31.4. The van der Waals surface area contributed by atoms with E-state index in [4.69, 9.17) is 18.6 Å². The molecule has 0 aromatic heterocycles. The number of hydrogen-bond acceptors (Lipinski definition) is 7. The molecule has 0 saturated carbocycles. The van der Waals surface area contributed by atoms with E-state index in [1.165, 1.54) is 14.2 Å². The van der Waals surface area contributed by atoms with Crippen LogP contribution in [-0.2, 0) is 9.47 Å². The lowest BCUT2D eigenvalue weighted by molar-refractivity contribution is 0.0591. The summed E-state index contributed by atoms with van der Waals surface area (Å²) in [5.41, 5.74) is 8.61. The highest BCUT2D eigenvalue weighted by Gasteiger charge is 2.36. The molecular weight excluding hydrogens is 665 g/mol. The third-order valence-corrected chi connectivity index (χ3v) is 10.6. The van der Waals surface area contributed by atoms with Gasteiger partial charge in [-0.2, -0.15) is 0 Å². The summed E-state index contributed by atoms with van der Waals surface area (Å²) in [4.78, 5) is 28.9. The Balaban J connectivity index is 1.63. The highest BCUT2D eigenvalue weighted by molar-refractivity contribution is 6.09. The molecule has 0 N–H and O–H groups in total. The van der Waals surface area contributed by atoms with Gasteiger partial charge in [-0.25, -0.2) is 14.2 Å².